The highest BCUT2D eigenvalue weighted by molar-refractivity contribution is 5.86. The zero-order valence-electron chi connectivity index (χ0n) is 39.2. The largest absolute Gasteiger partial charge is 0.481 e. The first-order chi connectivity index (χ1) is 32.2. The van der Waals surface area contributed by atoms with Gasteiger partial charge in [-0.05, 0) is 32.1 Å². The predicted molar refractivity (Wildman–Crippen MR) is 243 cm³/mol. The van der Waals surface area contributed by atoms with Gasteiger partial charge in [0.2, 0.25) is 29.5 Å². The molecule has 0 heterocycles. The Balaban J connectivity index is 3.82. The molecule has 0 aliphatic rings. The van der Waals surface area contributed by atoms with Gasteiger partial charge in [-0.2, -0.15) is 0 Å². The van der Waals surface area contributed by atoms with Gasteiger partial charge in [0, 0.05) is 38.8 Å². The molecule has 0 aromatic rings. The van der Waals surface area contributed by atoms with Crippen LogP contribution in [0.3, 0.4) is 0 Å². The molecule has 0 spiro atoms. The number of carboxylic acids is 4. The highest BCUT2D eigenvalue weighted by Gasteiger charge is 2.24. The molecule has 0 bridgehead atoms. The van der Waals surface area contributed by atoms with Crippen molar-refractivity contribution in [3.05, 3.63) is 6.92 Å². The number of hydrogen-bond acceptors (Lipinski definition) is 13. The second-order valence-corrected chi connectivity index (χ2v) is 16.0. The molecule has 0 fully saturated rings. The second kappa shape index (κ2) is 42.4. The van der Waals surface area contributed by atoms with Gasteiger partial charge >= 0.3 is 23.9 Å². The molecule has 385 valence electrons. The second-order valence-electron chi connectivity index (χ2n) is 16.0. The van der Waals surface area contributed by atoms with E-state index in [-0.39, 0.29) is 123 Å². The van der Waals surface area contributed by atoms with Crippen molar-refractivity contribution in [3.63, 3.8) is 0 Å². The lowest BCUT2D eigenvalue weighted by Crippen LogP contribution is -2.44. The maximum atomic E-state index is 12.3. The fourth-order valence-electron chi connectivity index (χ4n) is 6.41. The van der Waals surface area contributed by atoms with Gasteiger partial charge in [0.15, 0.2) is 0 Å². The van der Waals surface area contributed by atoms with Crippen LogP contribution in [0.2, 0.25) is 0 Å². The van der Waals surface area contributed by atoms with Crippen LogP contribution in [0, 0.1) is 6.92 Å². The zero-order chi connectivity index (χ0) is 49.9. The normalized spacial score (nSPS) is 12.3. The lowest BCUT2D eigenvalue weighted by molar-refractivity contribution is -0.144. The van der Waals surface area contributed by atoms with Crippen molar-refractivity contribution in [2.24, 2.45) is 0 Å². The number of amides is 5. The first-order valence-electron chi connectivity index (χ1n) is 23.6. The fourth-order valence-corrected chi connectivity index (χ4v) is 6.41. The maximum Gasteiger partial charge on any atom is 0.326 e. The predicted octanol–water partition coefficient (Wildman–Crippen LogP) is 2.49. The first-order valence-corrected chi connectivity index (χ1v) is 23.6. The topological polar surface area (TPSA) is 332 Å². The summed E-state index contributed by atoms with van der Waals surface area (Å²) in [5, 5.41) is 48.9. The van der Waals surface area contributed by atoms with Gasteiger partial charge in [-0.25, -0.2) is 14.4 Å². The summed E-state index contributed by atoms with van der Waals surface area (Å²) in [6.45, 7) is 3.80. The van der Waals surface area contributed by atoms with E-state index < -0.39 is 66.3 Å². The Morgan fingerprint density at radius 2 is 0.716 bits per heavy atom. The minimum absolute atomic E-state index is 0.00471. The fraction of sp³-hybridized carbons (Fsp3) is 0.778. The third kappa shape index (κ3) is 39.9. The number of rotatable bonds is 47. The molecule has 22 nitrogen and oxygen atoms in total. The molecule has 0 rings (SSSR count). The van der Waals surface area contributed by atoms with Crippen LogP contribution in [0.4, 0.5) is 0 Å². The van der Waals surface area contributed by atoms with E-state index in [1.807, 2.05) is 0 Å². The molecule has 0 aromatic heterocycles. The Hall–Kier alpha value is -4.93. The lowest BCUT2D eigenvalue weighted by atomic mass is 10.0. The average Bonchev–Trinajstić information content (AvgIpc) is 3.27. The average molecular weight is 961 g/mol. The van der Waals surface area contributed by atoms with Crippen LogP contribution < -0.4 is 26.6 Å². The van der Waals surface area contributed by atoms with Crippen molar-refractivity contribution in [1.82, 2.24) is 26.6 Å². The molecule has 0 saturated heterocycles. The van der Waals surface area contributed by atoms with Crippen LogP contribution in [-0.2, 0) is 62.1 Å². The highest BCUT2D eigenvalue weighted by Crippen LogP contribution is 2.14. The van der Waals surface area contributed by atoms with Crippen LogP contribution in [0.25, 0.3) is 0 Å². The van der Waals surface area contributed by atoms with Gasteiger partial charge in [-0.3, -0.25) is 28.8 Å². The van der Waals surface area contributed by atoms with Crippen molar-refractivity contribution in [2.45, 2.75) is 159 Å². The van der Waals surface area contributed by atoms with Crippen LogP contribution in [-0.4, -0.2) is 158 Å². The summed E-state index contributed by atoms with van der Waals surface area (Å²) < 4.78 is 21.1. The number of carbonyl (C=O) groups excluding carboxylic acids is 5. The number of aliphatic carboxylic acids is 4. The molecule has 0 unspecified atom stereocenters. The summed E-state index contributed by atoms with van der Waals surface area (Å²) in [5.41, 5.74) is 0. The van der Waals surface area contributed by atoms with Crippen LogP contribution in [0.5, 0.6) is 0 Å². The van der Waals surface area contributed by atoms with Crippen molar-refractivity contribution in [3.8, 4) is 0 Å². The summed E-state index contributed by atoms with van der Waals surface area (Å²) in [6, 6.07) is -3.70. The highest BCUT2D eigenvalue weighted by atomic mass is 16.5. The van der Waals surface area contributed by atoms with E-state index in [0.717, 1.165) is 51.4 Å². The van der Waals surface area contributed by atoms with E-state index in [4.69, 9.17) is 29.2 Å². The van der Waals surface area contributed by atoms with E-state index in [9.17, 15) is 53.4 Å². The molecule has 9 N–H and O–H groups in total. The van der Waals surface area contributed by atoms with Gasteiger partial charge in [0.25, 0.3) is 0 Å². The Bertz CT molecular complexity index is 1440. The number of carbonyl (C=O) groups is 9. The monoisotopic (exact) mass is 961 g/mol. The standard InChI is InChI=1S/C45H78N5O17/c1-2-17-34(43(58)59)48-39(53)23-21-36(45(62)63)50-41(55)33-67-31-29-65-27-25-47-40(54)32-66-30-28-64-26-24-46-37(51)22-20-35(44(60)61)49-38(52)18-15-13-11-9-7-5-3-4-6-8-10-12-14-16-19-42(56)57/h34-36H,1-33H2,(H,46,51)(H,47,54)(H,48,53)(H,49,52)(H,50,55)(H,56,57)(H,58,59)(H,60,61)(H,62,63)/t34-,35-,36-/m0/s1. The zero-order valence-corrected chi connectivity index (χ0v) is 39.2. The summed E-state index contributed by atoms with van der Waals surface area (Å²) in [7, 11) is 0. The molecule has 1 radical (unpaired) electrons. The maximum absolute atomic E-state index is 12.3. The van der Waals surface area contributed by atoms with Gasteiger partial charge in [-0.1, -0.05) is 90.4 Å². The Morgan fingerprint density at radius 1 is 0.373 bits per heavy atom. The summed E-state index contributed by atoms with van der Waals surface area (Å²) in [5.74, 6) is -7.08. The Labute approximate surface area is 394 Å². The number of nitrogens with one attached hydrogen (secondary N) is 5. The molecule has 67 heavy (non-hydrogen) atoms. The molecule has 0 aromatic carbocycles. The third-order valence-electron chi connectivity index (χ3n) is 10.1. The molecule has 0 aliphatic heterocycles. The van der Waals surface area contributed by atoms with Crippen molar-refractivity contribution >= 4 is 53.4 Å². The molecule has 22 heteroatoms. The number of hydrogen-bond donors (Lipinski definition) is 9. The van der Waals surface area contributed by atoms with Crippen molar-refractivity contribution in [1.29, 1.82) is 0 Å². The van der Waals surface area contributed by atoms with Crippen molar-refractivity contribution in [2.75, 3.05) is 65.9 Å². The summed E-state index contributed by atoms with van der Waals surface area (Å²) in [6.07, 6.45) is 15.0. The number of ether oxygens (including phenoxy) is 4. The number of unbranched alkanes of at least 4 members (excludes halogenated alkanes) is 13. The van der Waals surface area contributed by atoms with Gasteiger partial charge < -0.3 is 66.0 Å². The van der Waals surface area contributed by atoms with Crippen LogP contribution in [0.15, 0.2) is 0 Å². The van der Waals surface area contributed by atoms with Gasteiger partial charge in [0.05, 0.1) is 39.6 Å². The summed E-state index contributed by atoms with van der Waals surface area (Å²) >= 11 is 0. The summed E-state index contributed by atoms with van der Waals surface area (Å²) in [4.78, 5) is 105. The van der Waals surface area contributed by atoms with E-state index >= 15 is 0 Å². The Morgan fingerprint density at radius 3 is 1.15 bits per heavy atom. The van der Waals surface area contributed by atoms with E-state index in [1.54, 1.807) is 0 Å². The molecule has 0 aliphatic carbocycles. The molecular formula is C45H78N5O17. The minimum atomic E-state index is -1.39. The third-order valence-corrected chi connectivity index (χ3v) is 10.1. The quantitative estimate of drug-likeness (QED) is 0.0396. The van der Waals surface area contributed by atoms with E-state index in [1.165, 1.54) is 32.1 Å². The van der Waals surface area contributed by atoms with Crippen molar-refractivity contribution < 1.29 is 82.5 Å². The minimum Gasteiger partial charge on any atom is -0.481 e. The Kier molecular flexibility index (Phi) is 39.3. The van der Waals surface area contributed by atoms with E-state index in [0.29, 0.717) is 6.42 Å². The molecule has 0 saturated carbocycles. The SMILES string of the molecule is [CH2]CC[C@H](NC(=O)CC[C@H](NC(=O)COCCOCCNC(=O)COCCOCCNC(=O)CC[C@H](NC(=O)CCCCCCCCCCCCCCCCC(=O)O)C(=O)O)C(=O)O)C(=O)O. The lowest BCUT2D eigenvalue weighted by Gasteiger charge is -2.16. The smallest absolute Gasteiger partial charge is 0.326 e. The van der Waals surface area contributed by atoms with Crippen LogP contribution >= 0.6 is 0 Å². The van der Waals surface area contributed by atoms with Crippen LogP contribution in [0.1, 0.15) is 141 Å². The molecule has 5 amide bonds. The van der Waals surface area contributed by atoms with Gasteiger partial charge in [-0.15, -0.1) is 0 Å². The first kappa shape index (κ1) is 62.1. The molecule has 3 atom stereocenters. The molecular weight excluding hydrogens is 883 g/mol. The van der Waals surface area contributed by atoms with E-state index in [2.05, 4.69) is 33.5 Å². The number of carboxylic acid groups (broad SMARTS) is 4. The van der Waals surface area contributed by atoms with Gasteiger partial charge in [0.1, 0.15) is 31.3 Å².